The summed E-state index contributed by atoms with van der Waals surface area (Å²) in [6.45, 7) is 6.02. The molecule has 1 rings (SSSR count). The molecular formula is C13H20N2O3. The largest absolute Gasteiger partial charge is 0.393 e. The predicted octanol–water partition coefficient (Wildman–Crippen LogP) is 2.15. The fraction of sp³-hybridized carbons (Fsp3) is 0.538. The summed E-state index contributed by atoms with van der Waals surface area (Å²) in [7, 11) is 0. The van der Waals surface area contributed by atoms with Crippen LogP contribution in [0.1, 0.15) is 31.4 Å². The monoisotopic (exact) mass is 252 g/mol. The van der Waals surface area contributed by atoms with Gasteiger partial charge in [0.05, 0.1) is 11.0 Å². The number of aliphatic hydroxyl groups excluding tert-OH is 1. The number of nitro groups is 1. The van der Waals surface area contributed by atoms with Crippen molar-refractivity contribution in [3.05, 3.63) is 39.4 Å². The molecule has 1 aromatic carbocycles. The van der Waals surface area contributed by atoms with E-state index >= 15 is 0 Å². The molecule has 0 saturated heterocycles. The Bertz CT molecular complexity index is 419. The zero-order valence-corrected chi connectivity index (χ0v) is 11.0. The summed E-state index contributed by atoms with van der Waals surface area (Å²) < 4.78 is 0. The molecule has 0 aliphatic heterocycles. The number of nitro benzene ring substituents is 1. The highest BCUT2D eigenvalue weighted by atomic mass is 16.6. The molecule has 2 N–H and O–H groups in total. The lowest BCUT2D eigenvalue weighted by Crippen LogP contribution is -2.28. The van der Waals surface area contributed by atoms with Gasteiger partial charge in [0.15, 0.2) is 0 Å². The van der Waals surface area contributed by atoms with Gasteiger partial charge in [-0.2, -0.15) is 0 Å². The van der Waals surface area contributed by atoms with Crippen LogP contribution in [0.15, 0.2) is 18.2 Å². The molecule has 0 saturated carbocycles. The van der Waals surface area contributed by atoms with Crippen LogP contribution >= 0.6 is 0 Å². The normalized spacial score (nSPS) is 14.2. The van der Waals surface area contributed by atoms with E-state index in [0.29, 0.717) is 18.5 Å². The summed E-state index contributed by atoms with van der Waals surface area (Å²) in [6.07, 6.45) is 0.313. The van der Waals surface area contributed by atoms with Gasteiger partial charge in [-0.3, -0.25) is 10.1 Å². The molecule has 0 aliphatic rings. The van der Waals surface area contributed by atoms with Crippen LogP contribution in [0.25, 0.3) is 0 Å². The van der Waals surface area contributed by atoms with Crippen molar-refractivity contribution in [3.63, 3.8) is 0 Å². The first kappa shape index (κ1) is 14.6. The zero-order chi connectivity index (χ0) is 13.7. The quantitative estimate of drug-likeness (QED) is 0.601. The Morgan fingerprint density at radius 1 is 1.44 bits per heavy atom. The molecule has 0 radical (unpaired) electrons. The van der Waals surface area contributed by atoms with Gasteiger partial charge < -0.3 is 10.4 Å². The molecule has 0 fully saturated rings. The van der Waals surface area contributed by atoms with Crippen molar-refractivity contribution < 1.29 is 10.0 Å². The summed E-state index contributed by atoms with van der Waals surface area (Å²) in [5.74, 6) is 0. The zero-order valence-electron chi connectivity index (χ0n) is 11.0. The number of hydrogen-bond donors (Lipinski definition) is 2. The maximum absolute atomic E-state index is 10.8. The molecule has 0 bridgehead atoms. The minimum absolute atomic E-state index is 0.150. The Morgan fingerprint density at radius 3 is 2.67 bits per heavy atom. The van der Waals surface area contributed by atoms with Crippen LogP contribution in [0.3, 0.4) is 0 Å². The smallest absolute Gasteiger partial charge is 0.272 e. The first-order valence-corrected chi connectivity index (χ1v) is 6.05. The Morgan fingerprint density at radius 2 is 2.11 bits per heavy atom. The molecule has 0 amide bonds. The second kappa shape index (κ2) is 6.47. The summed E-state index contributed by atoms with van der Waals surface area (Å²) in [4.78, 5) is 10.4. The third-order valence-corrected chi connectivity index (χ3v) is 2.82. The first-order chi connectivity index (χ1) is 8.40. The van der Waals surface area contributed by atoms with Crippen molar-refractivity contribution in [1.29, 1.82) is 0 Å². The molecular weight excluding hydrogens is 232 g/mol. The van der Waals surface area contributed by atoms with Crippen molar-refractivity contribution in [2.45, 2.75) is 45.9 Å². The van der Waals surface area contributed by atoms with E-state index in [-0.39, 0.29) is 22.8 Å². The Hall–Kier alpha value is -1.46. The van der Waals surface area contributed by atoms with E-state index in [4.69, 9.17) is 0 Å². The lowest BCUT2D eigenvalue weighted by atomic mass is 10.1. The average molecular weight is 252 g/mol. The van der Waals surface area contributed by atoms with Gasteiger partial charge in [0.1, 0.15) is 0 Å². The number of nitrogens with zero attached hydrogens (tertiary/aromatic N) is 1. The summed E-state index contributed by atoms with van der Waals surface area (Å²) in [5, 5.41) is 23.3. The lowest BCUT2D eigenvalue weighted by molar-refractivity contribution is -0.385. The van der Waals surface area contributed by atoms with E-state index in [0.717, 1.165) is 5.56 Å². The van der Waals surface area contributed by atoms with E-state index in [1.165, 1.54) is 0 Å². The van der Waals surface area contributed by atoms with Gasteiger partial charge in [-0.1, -0.05) is 12.1 Å². The van der Waals surface area contributed by atoms with Gasteiger partial charge in [-0.25, -0.2) is 0 Å². The highest BCUT2D eigenvalue weighted by Gasteiger charge is 2.11. The SMILES string of the molecule is Cc1ccc(CNC(C)CC(C)O)cc1[N+](=O)[O-]. The van der Waals surface area contributed by atoms with Gasteiger partial charge >= 0.3 is 0 Å². The average Bonchev–Trinajstić information content (AvgIpc) is 2.26. The van der Waals surface area contributed by atoms with E-state index in [2.05, 4.69) is 5.32 Å². The van der Waals surface area contributed by atoms with Crippen molar-refractivity contribution in [1.82, 2.24) is 5.32 Å². The topological polar surface area (TPSA) is 75.4 Å². The molecule has 0 aliphatic carbocycles. The van der Waals surface area contributed by atoms with Crippen molar-refractivity contribution in [3.8, 4) is 0 Å². The van der Waals surface area contributed by atoms with E-state index in [1.807, 2.05) is 13.0 Å². The van der Waals surface area contributed by atoms with Crippen LogP contribution in [0.5, 0.6) is 0 Å². The Balaban J connectivity index is 2.63. The van der Waals surface area contributed by atoms with Crippen LogP contribution in [0.2, 0.25) is 0 Å². The fourth-order valence-electron chi connectivity index (χ4n) is 1.85. The van der Waals surface area contributed by atoms with Crippen LogP contribution in [0.4, 0.5) is 5.69 Å². The molecule has 0 aromatic heterocycles. The number of aliphatic hydroxyl groups is 1. The maximum atomic E-state index is 10.8. The molecule has 18 heavy (non-hydrogen) atoms. The predicted molar refractivity (Wildman–Crippen MR) is 70.4 cm³/mol. The van der Waals surface area contributed by atoms with E-state index in [1.54, 1.807) is 26.0 Å². The van der Waals surface area contributed by atoms with Crippen molar-refractivity contribution in [2.75, 3.05) is 0 Å². The van der Waals surface area contributed by atoms with Crippen LogP contribution in [-0.2, 0) is 6.54 Å². The van der Waals surface area contributed by atoms with Gasteiger partial charge in [0, 0.05) is 24.2 Å². The number of aryl methyl sites for hydroxylation is 1. The summed E-state index contributed by atoms with van der Waals surface area (Å²) in [6, 6.07) is 5.40. The second-order valence-corrected chi connectivity index (χ2v) is 4.74. The van der Waals surface area contributed by atoms with Crippen LogP contribution in [0, 0.1) is 17.0 Å². The van der Waals surface area contributed by atoms with Crippen LogP contribution in [-0.4, -0.2) is 22.2 Å². The third kappa shape index (κ3) is 4.43. The minimum atomic E-state index is -0.363. The molecule has 5 nitrogen and oxygen atoms in total. The molecule has 1 aromatic rings. The maximum Gasteiger partial charge on any atom is 0.272 e. The van der Waals surface area contributed by atoms with Crippen molar-refractivity contribution in [2.24, 2.45) is 0 Å². The lowest BCUT2D eigenvalue weighted by Gasteiger charge is -2.15. The van der Waals surface area contributed by atoms with Crippen LogP contribution < -0.4 is 5.32 Å². The first-order valence-electron chi connectivity index (χ1n) is 6.05. The van der Waals surface area contributed by atoms with E-state index < -0.39 is 0 Å². The number of hydrogen-bond acceptors (Lipinski definition) is 4. The van der Waals surface area contributed by atoms with Crippen molar-refractivity contribution >= 4 is 5.69 Å². The van der Waals surface area contributed by atoms with Gasteiger partial charge in [-0.15, -0.1) is 0 Å². The fourth-order valence-corrected chi connectivity index (χ4v) is 1.85. The molecule has 100 valence electrons. The number of nitrogens with one attached hydrogen (secondary N) is 1. The standard InChI is InChI=1S/C13H20N2O3/c1-9-4-5-12(7-13(9)15(17)18)8-14-10(2)6-11(3)16/h4-5,7,10-11,14,16H,6,8H2,1-3H3. The number of benzene rings is 1. The van der Waals surface area contributed by atoms with Gasteiger partial charge in [0.25, 0.3) is 5.69 Å². The molecule has 5 heteroatoms. The Kier molecular flexibility index (Phi) is 5.25. The molecule has 0 spiro atoms. The highest BCUT2D eigenvalue weighted by Crippen LogP contribution is 2.19. The summed E-state index contributed by atoms with van der Waals surface area (Å²) in [5.41, 5.74) is 1.70. The second-order valence-electron chi connectivity index (χ2n) is 4.74. The van der Waals surface area contributed by atoms with E-state index in [9.17, 15) is 15.2 Å². The molecule has 2 atom stereocenters. The Labute approximate surface area is 107 Å². The highest BCUT2D eigenvalue weighted by molar-refractivity contribution is 5.42. The number of rotatable bonds is 6. The van der Waals surface area contributed by atoms with Gasteiger partial charge in [-0.05, 0) is 32.8 Å². The third-order valence-electron chi connectivity index (χ3n) is 2.82. The molecule has 2 unspecified atom stereocenters. The van der Waals surface area contributed by atoms with Gasteiger partial charge in [0.2, 0.25) is 0 Å². The minimum Gasteiger partial charge on any atom is -0.393 e. The summed E-state index contributed by atoms with van der Waals surface area (Å²) >= 11 is 0. The molecule has 0 heterocycles.